The maximum atomic E-state index is 14.4. The molecule has 0 unspecified atom stereocenters. The largest absolute Gasteiger partial charge is 0.418 e. The van der Waals surface area contributed by atoms with Crippen LogP contribution in [0.25, 0.3) is 0 Å². The number of halogens is 4. The van der Waals surface area contributed by atoms with E-state index in [9.17, 15) is 30.8 Å². The molecule has 1 N–H and O–H groups in total. The minimum absolute atomic E-state index is 0.207. The first-order chi connectivity index (χ1) is 14.6. The summed E-state index contributed by atoms with van der Waals surface area (Å²) in [6, 6.07) is 16.2. The van der Waals surface area contributed by atoms with Gasteiger partial charge in [0.15, 0.2) is 0 Å². The van der Waals surface area contributed by atoms with Crippen molar-refractivity contribution in [2.45, 2.75) is 11.1 Å². The van der Waals surface area contributed by atoms with E-state index in [2.05, 4.69) is 5.32 Å². The first-order valence-electron chi connectivity index (χ1n) is 8.89. The molecule has 31 heavy (non-hydrogen) atoms. The van der Waals surface area contributed by atoms with Crippen LogP contribution in [0.2, 0.25) is 0 Å². The number of nitrogens with zero attached hydrogens (tertiary/aromatic N) is 1. The minimum atomic E-state index is -4.73. The monoisotopic (exact) mass is 452 g/mol. The SMILES string of the molecule is O=C(CN(c1ccccc1F)S(=O)(=O)c1ccccc1)Nc1ccccc1C(F)(F)F. The van der Waals surface area contributed by atoms with Crippen LogP contribution in [0, 0.1) is 5.82 Å². The molecular weight excluding hydrogens is 436 g/mol. The molecule has 0 aromatic heterocycles. The summed E-state index contributed by atoms with van der Waals surface area (Å²) in [6.45, 7) is -0.940. The van der Waals surface area contributed by atoms with E-state index in [1.165, 1.54) is 42.5 Å². The van der Waals surface area contributed by atoms with Gasteiger partial charge in [0, 0.05) is 0 Å². The molecule has 0 heterocycles. The summed E-state index contributed by atoms with van der Waals surface area (Å²) in [5.74, 6) is -1.98. The normalized spacial score (nSPS) is 11.7. The number of alkyl halides is 3. The number of hydrogen-bond donors (Lipinski definition) is 1. The average molecular weight is 452 g/mol. The number of anilines is 2. The predicted octanol–water partition coefficient (Wildman–Crippen LogP) is 4.68. The molecule has 0 atom stereocenters. The molecule has 3 aromatic carbocycles. The topological polar surface area (TPSA) is 66.5 Å². The highest BCUT2D eigenvalue weighted by molar-refractivity contribution is 7.92. The Kier molecular flexibility index (Phi) is 6.30. The van der Waals surface area contributed by atoms with Gasteiger partial charge in [0.1, 0.15) is 12.4 Å². The second-order valence-electron chi connectivity index (χ2n) is 6.37. The van der Waals surface area contributed by atoms with Crippen molar-refractivity contribution >= 4 is 27.3 Å². The van der Waals surface area contributed by atoms with Gasteiger partial charge in [-0.05, 0) is 36.4 Å². The summed E-state index contributed by atoms with van der Waals surface area (Å²) in [4.78, 5) is 12.4. The van der Waals surface area contributed by atoms with Crippen LogP contribution in [0.1, 0.15) is 5.56 Å². The van der Waals surface area contributed by atoms with Crippen molar-refractivity contribution in [3.05, 3.63) is 90.2 Å². The molecular formula is C21H16F4N2O3S. The number of nitrogens with one attached hydrogen (secondary N) is 1. The molecule has 0 saturated carbocycles. The molecule has 0 fully saturated rings. The Labute approximate surface area is 176 Å². The molecule has 3 rings (SSSR count). The second-order valence-corrected chi connectivity index (χ2v) is 8.23. The van der Waals surface area contributed by atoms with Crippen molar-refractivity contribution in [2.24, 2.45) is 0 Å². The number of benzene rings is 3. The van der Waals surface area contributed by atoms with Gasteiger partial charge in [0.25, 0.3) is 10.0 Å². The van der Waals surface area contributed by atoms with E-state index < -0.39 is 51.4 Å². The van der Waals surface area contributed by atoms with Crippen molar-refractivity contribution in [1.82, 2.24) is 0 Å². The molecule has 0 aliphatic carbocycles. The molecule has 162 valence electrons. The summed E-state index contributed by atoms with van der Waals surface area (Å²) in [6.07, 6.45) is -4.73. The summed E-state index contributed by atoms with van der Waals surface area (Å²) in [5, 5.41) is 2.07. The standard InChI is InChI=1S/C21H16F4N2O3S/c22-17-11-5-7-13-19(17)27(31(29,30)15-8-2-1-3-9-15)14-20(28)26-18-12-6-4-10-16(18)21(23,24)25/h1-13H,14H2,(H,26,28). The van der Waals surface area contributed by atoms with Crippen LogP contribution in [0.5, 0.6) is 0 Å². The van der Waals surface area contributed by atoms with Crippen LogP contribution in [-0.2, 0) is 21.0 Å². The molecule has 0 aliphatic heterocycles. The summed E-state index contributed by atoms with van der Waals surface area (Å²) >= 11 is 0. The molecule has 0 saturated heterocycles. The first kappa shape index (κ1) is 22.3. The van der Waals surface area contributed by atoms with Crippen LogP contribution < -0.4 is 9.62 Å². The lowest BCUT2D eigenvalue weighted by Gasteiger charge is -2.24. The highest BCUT2D eigenvalue weighted by Gasteiger charge is 2.34. The van der Waals surface area contributed by atoms with Crippen LogP contribution in [0.3, 0.4) is 0 Å². The van der Waals surface area contributed by atoms with Crippen LogP contribution in [-0.4, -0.2) is 20.9 Å². The molecule has 0 spiro atoms. The fourth-order valence-electron chi connectivity index (χ4n) is 2.83. The fourth-order valence-corrected chi connectivity index (χ4v) is 4.28. The zero-order chi connectivity index (χ0) is 22.6. The van der Waals surface area contributed by atoms with Gasteiger partial charge in [0.2, 0.25) is 5.91 Å². The number of sulfonamides is 1. The second kappa shape index (κ2) is 8.76. The summed E-state index contributed by atoms with van der Waals surface area (Å²) in [7, 11) is -4.39. The highest BCUT2D eigenvalue weighted by atomic mass is 32.2. The maximum absolute atomic E-state index is 14.4. The summed E-state index contributed by atoms with van der Waals surface area (Å²) < 4.78 is 80.7. The Hall–Kier alpha value is -3.40. The zero-order valence-corrected chi connectivity index (χ0v) is 16.6. The Bertz CT molecular complexity index is 1180. The van der Waals surface area contributed by atoms with E-state index in [1.807, 2.05) is 0 Å². The molecule has 0 radical (unpaired) electrons. The third kappa shape index (κ3) is 5.02. The quantitative estimate of drug-likeness (QED) is 0.553. The van der Waals surface area contributed by atoms with Gasteiger partial charge in [-0.2, -0.15) is 13.2 Å². The number of carbonyl (C=O) groups excluding carboxylic acids is 1. The number of amides is 1. The smallest absolute Gasteiger partial charge is 0.324 e. The lowest BCUT2D eigenvalue weighted by molar-refractivity contribution is -0.137. The minimum Gasteiger partial charge on any atom is -0.324 e. The van der Waals surface area contributed by atoms with Gasteiger partial charge in [-0.3, -0.25) is 9.10 Å². The molecule has 0 bridgehead atoms. The van der Waals surface area contributed by atoms with Gasteiger partial charge in [-0.1, -0.05) is 42.5 Å². The van der Waals surface area contributed by atoms with Gasteiger partial charge >= 0.3 is 6.18 Å². The Morgan fingerprint density at radius 3 is 2.10 bits per heavy atom. The fraction of sp³-hybridized carbons (Fsp3) is 0.0952. The number of carbonyl (C=O) groups is 1. The number of para-hydroxylation sites is 2. The van der Waals surface area contributed by atoms with E-state index in [-0.39, 0.29) is 4.90 Å². The lowest BCUT2D eigenvalue weighted by atomic mass is 10.1. The predicted molar refractivity (Wildman–Crippen MR) is 107 cm³/mol. The van der Waals surface area contributed by atoms with Crippen LogP contribution in [0.4, 0.5) is 28.9 Å². The molecule has 1 amide bonds. The first-order valence-corrected chi connectivity index (χ1v) is 10.3. The third-order valence-electron chi connectivity index (χ3n) is 4.25. The van der Waals surface area contributed by atoms with E-state index in [1.54, 1.807) is 6.07 Å². The maximum Gasteiger partial charge on any atom is 0.418 e. The third-order valence-corrected chi connectivity index (χ3v) is 6.02. The zero-order valence-electron chi connectivity index (χ0n) is 15.8. The van der Waals surface area contributed by atoms with E-state index in [0.29, 0.717) is 4.31 Å². The number of rotatable bonds is 6. The van der Waals surface area contributed by atoms with Gasteiger partial charge in [-0.25, -0.2) is 12.8 Å². The van der Waals surface area contributed by atoms with Crippen molar-refractivity contribution in [3.8, 4) is 0 Å². The van der Waals surface area contributed by atoms with Crippen molar-refractivity contribution in [2.75, 3.05) is 16.2 Å². The highest BCUT2D eigenvalue weighted by Crippen LogP contribution is 2.34. The molecule has 3 aromatic rings. The lowest BCUT2D eigenvalue weighted by Crippen LogP contribution is -2.38. The van der Waals surface area contributed by atoms with Crippen molar-refractivity contribution in [3.63, 3.8) is 0 Å². The van der Waals surface area contributed by atoms with Crippen molar-refractivity contribution < 1.29 is 30.8 Å². The molecule has 5 nitrogen and oxygen atoms in total. The Morgan fingerprint density at radius 1 is 0.871 bits per heavy atom. The van der Waals surface area contributed by atoms with Crippen LogP contribution in [0.15, 0.2) is 83.8 Å². The van der Waals surface area contributed by atoms with Gasteiger partial charge in [-0.15, -0.1) is 0 Å². The molecule has 0 aliphatic rings. The van der Waals surface area contributed by atoms with E-state index in [0.717, 1.165) is 30.3 Å². The average Bonchev–Trinajstić information content (AvgIpc) is 2.73. The van der Waals surface area contributed by atoms with E-state index in [4.69, 9.17) is 0 Å². The van der Waals surface area contributed by atoms with E-state index >= 15 is 0 Å². The van der Waals surface area contributed by atoms with Gasteiger partial charge < -0.3 is 5.32 Å². The van der Waals surface area contributed by atoms with Crippen molar-refractivity contribution in [1.29, 1.82) is 0 Å². The van der Waals surface area contributed by atoms with Crippen LogP contribution >= 0.6 is 0 Å². The molecule has 10 heteroatoms. The summed E-state index contributed by atoms with van der Waals surface area (Å²) in [5.41, 5.74) is -2.04. The Morgan fingerprint density at radius 2 is 1.45 bits per heavy atom. The Balaban J connectivity index is 1.97. The van der Waals surface area contributed by atoms with Gasteiger partial charge in [0.05, 0.1) is 21.8 Å². The number of hydrogen-bond acceptors (Lipinski definition) is 3.